The van der Waals surface area contributed by atoms with Crippen LogP contribution in [0.4, 0.5) is 4.79 Å². The fraction of sp³-hybridized carbons (Fsp3) is 0.500. The van der Waals surface area contributed by atoms with Crippen molar-refractivity contribution in [3.05, 3.63) is 34.9 Å². The lowest BCUT2D eigenvalue weighted by molar-refractivity contribution is -0.140. The molecule has 0 saturated carbocycles. The highest BCUT2D eigenvalue weighted by Crippen LogP contribution is 2.30. The van der Waals surface area contributed by atoms with E-state index in [0.29, 0.717) is 18.1 Å². The molecule has 0 unspecified atom stereocenters. The number of carbonyl (C=O) groups excluding carboxylic acids is 1. The fourth-order valence-corrected chi connectivity index (χ4v) is 3.02. The van der Waals surface area contributed by atoms with Crippen molar-refractivity contribution in [2.24, 2.45) is 5.92 Å². The molecule has 2 atom stereocenters. The Morgan fingerprint density at radius 1 is 1.27 bits per heavy atom. The highest BCUT2D eigenvalue weighted by Gasteiger charge is 2.37. The van der Waals surface area contributed by atoms with Crippen LogP contribution in [0.2, 0.25) is 5.02 Å². The standard InChI is InChI=1S/C16H21ClN2O3/c1-10(2)15(20)18-9-14(12-5-4-6-13(17)7-12)19(16(21)22)8-11(18)3/h4-7,10-11,14H,8-9H2,1-3H3,(H,21,22)/t11-,14-/m1/s1. The van der Waals surface area contributed by atoms with Gasteiger partial charge in [0.1, 0.15) is 0 Å². The molecule has 0 radical (unpaired) electrons. The van der Waals surface area contributed by atoms with Crippen molar-refractivity contribution < 1.29 is 14.7 Å². The topological polar surface area (TPSA) is 60.9 Å². The van der Waals surface area contributed by atoms with E-state index in [-0.39, 0.29) is 17.9 Å². The molecule has 1 aliphatic heterocycles. The van der Waals surface area contributed by atoms with Crippen LogP contribution in [0.25, 0.3) is 0 Å². The Hall–Kier alpha value is -1.75. The van der Waals surface area contributed by atoms with Gasteiger partial charge in [0.05, 0.1) is 6.04 Å². The van der Waals surface area contributed by atoms with Crippen LogP contribution in [0.15, 0.2) is 24.3 Å². The van der Waals surface area contributed by atoms with Gasteiger partial charge in [0, 0.05) is 30.1 Å². The number of hydrogen-bond acceptors (Lipinski definition) is 2. The predicted octanol–water partition coefficient (Wildman–Crippen LogP) is 3.25. The third kappa shape index (κ3) is 3.35. The van der Waals surface area contributed by atoms with Gasteiger partial charge < -0.3 is 10.0 Å². The molecular formula is C16H21ClN2O3. The lowest BCUT2D eigenvalue weighted by Gasteiger charge is -2.44. The number of amides is 2. The van der Waals surface area contributed by atoms with E-state index in [9.17, 15) is 14.7 Å². The molecule has 1 aromatic carbocycles. The maximum absolute atomic E-state index is 12.4. The molecule has 1 saturated heterocycles. The lowest BCUT2D eigenvalue weighted by atomic mass is 9.99. The van der Waals surface area contributed by atoms with E-state index in [2.05, 4.69) is 0 Å². The first-order valence-electron chi connectivity index (χ1n) is 7.36. The van der Waals surface area contributed by atoms with Crippen molar-refractivity contribution >= 4 is 23.6 Å². The molecule has 1 aliphatic rings. The lowest BCUT2D eigenvalue weighted by Crippen LogP contribution is -2.57. The van der Waals surface area contributed by atoms with Gasteiger partial charge in [-0.05, 0) is 24.6 Å². The zero-order valence-electron chi connectivity index (χ0n) is 13.0. The van der Waals surface area contributed by atoms with Gasteiger partial charge in [-0.2, -0.15) is 0 Å². The number of rotatable bonds is 2. The van der Waals surface area contributed by atoms with Crippen LogP contribution in [0.3, 0.4) is 0 Å². The average Bonchev–Trinajstić information content (AvgIpc) is 2.46. The van der Waals surface area contributed by atoms with E-state index in [4.69, 9.17) is 11.6 Å². The molecule has 0 aliphatic carbocycles. The molecule has 6 heteroatoms. The van der Waals surface area contributed by atoms with Crippen LogP contribution in [0.5, 0.6) is 0 Å². The molecule has 5 nitrogen and oxygen atoms in total. The normalized spacial score (nSPS) is 22.0. The molecule has 0 aromatic heterocycles. The van der Waals surface area contributed by atoms with Crippen molar-refractivity contribution in [2.45, 2.75) is 32.9 Å². The summed E-state index contributed by atoms with van der Waals surface area (Å²) < 4.78 is 0. The van der Waals surface area contributed by atoms with Crippen LogP contribution in [-0.2, 0) is 4.79 Å². The van der Waals surface area contributed by atoms with Gasteiger partial charge >= 0.3 is 6.09 Å². The quantitative estimate of drug-likeness (QED) is 0.908. The van der Waals surface area contributed by atoms with Crippen LogP contribution in [0, 0.1) is 5.92 Å². The summed E-state index contributed by atoms with van der Waals surface area (Å²) in [5.74, 6) is -0.0663. The van der Waals surface area contributed by atoms with Crippen LogP contribution < -0.4 is 0 Å². The van der Waals surface area contributed by atoms with Crippen molar-refractivity contribution in [1.82, 2.24) is 9.80 Å². The molecular weight excluding hydrogens is 304 g/mol. The van der Waals surface area contributed by atoms with Gasteiger partial charge in [-0.1, -0.05) is 37.6 Å². The van der Waals surface area contributed by atoms with E-state index < -0.39 is 12.1 Å². The van der Waals surface area contributed by atoms with Gasteiger partial charge in [-0.15, -0.1) is 0 Å². The largest absolute Gasteiger partial charge is 0.465 e. The molecule has 0 spiro atoms. The Labute approximate surface area is 135 Å². The Morgan fingerprint density at radius 3 is 2.50 bits per heavy atom. The first-order chi connectivity index (χ1) is 10.3. The first kappa shape index (κ1) is 16.6. The van der Waals surface area contributed by atoms with Gasteiger partial charge in [0.2, 0.25) is 5.91 Å². The Morgan fingerprint density at radius 2 is 1.95 bits per heavy atom. The highest BCUT2D eigenvalue weighted by atomic mass is 35.5. The summed E-state index contributed by atoms with van der Waals surface area (Å²) in [6.45, 7) is 6.24. The van der Waals surface area contributed by atoms with Gasteiger partial charge in [0.15, 0.2) is 0 Å². The van der Waals surface area contributed by atoms with Crippen molar-refractivity contribution in [1.29, 1.82) is 0 Å². The summed E-state index contributed by atoms with van der Waals surface area (Å²) in [6, 6.07) is 6.62. The number of hydrogen-bond donors (Lipinski definition) is 1. The molecule has 1 heterocycles. The van der Waals surface area contributed by atoms with E-state index in [1.54, 1.807) is 23.1 Å². The molecule has 22 heavy (non-hydrogen) atoms. The summed E-state index contributed by atoms with van der Waals surface area (Å²) in [7, 11) is 0. The summed E-state index contributed by atoms with van der Waals surface area (Å²) in [4.78, 5) is 27.1. The van der Waals surface area contributed by atoms with Crippen LogP contribution in [-0.4, -0.2) is 46.0 Å². The monoisotopic (exact) mass is 324 g/mol. The number of nitrogens with zero attached hydrogens (tertiary/aromatic N) is 2. The maximum atomic E-state index is 12.4. The third-order valence-corrected chi connectivity index (χ3v) is 4.23. The number of benzene rings is 1. The minimum absolute atomic E-state index is 0.0459. The SMILES string of the molecule is CC(C)C(=O)N1C[C@H](c2cccc(Cl)c2)N(C(=O)O)C[C@H]1C. The molecule has 1 aromatic rings. The summed E-state index contributed by atoms with van der Waals surface area (Å²) in [5.41, 5.74) is 0.809. The van der Waals surface area contributed by atoms with Crippen LogP contribution >= 0.6 is 11.6 Å². The molecule has 120 valence electrons. The number of halogens is 1. The van der Waals surface area contributed by atoms with Crippen molar-refractivity contribution in [3.63, 3.8) is 0 Å². The van der Waals surface area contributed by atoms with Crippen molar-refractivity contribution in [3.8, 4) is 0 Å². The number of carboxylic acid groups (broad SMARTS) is 1. The predicted molar refractivity (Wildman–Crippen MR) is 84.9 cm³/mol. The molecule has 2 amide bonds. The van der Waals surface area contributed by atoms with Crippen LogP contribution in [0.1, 0.15) is 32.4 Å². The second kappa shape index (κ2) is 6.57. The molecule has 2 rings (SSSR count). The molecule has 0 bridgehead atoms. The average molecular weight is 325 g/mol. The summed E-state index contributed by atoms with van der Waals surface area (Å²) in [5, 5.41) is 10.0. The maximum Gasteiger partial charge on any atom is 0.407 e. The first-order valence-corrected chi connectivity index (χ1v) is 7.74. The van der Waals surface area contributed by atoms with Gasteiger partial charge in [-0.25, -0.2) is 4.79 Å². The van der Waals surface area contributed by atoms with E-state index in [1.165, 1.54) is 4.90 Å². The fourth-order valence-electron chi connectivity index (χ4n) is 2.82. The summed E-state index contributed by atoms with van der Waals surface area (Å²) in [6.07, 6.45) is -0.978. The molecule has 1 N–H and O–H groups in total. The zero-order chi connectivity index (χ0) is 16.4. The highest BCUT2D eigenvalue weighted by molar-refractivity contribution is 6.30. The van der Waals surface area contributed by atoms with E-state index in [1.807, 2.05) is 26.8 Å². The van der Waals surface area contributed by atoms with Gasteiger partial charge in [0.25, 0.3) is 0 Å². The number of piperazine rings is 1. The summed E-state index contributed by atoms with van der Waals surface area (Å²) >= 11 is 6.02. The van der Waals surface area contributed by atoms with Crippen molar-refractivity contribution in [2.75, 3.05) is 13.1 Å². The zero-order valence-corrected chi connectivity index (χ0v) is 13.7. The third-order valence-electron chi connectivity index (χ3n) is 3.99. The smallest absolute Gasteiger partial charge is 0.407 e. The minimum atomic E-state index is -0.978. The second-order valence-corrected chi connectivity index (χ2v) is 6.44. The van der Waals surface area contributed by atoms with E-state index >= 15 is 0 Å². The Balaban J connectivity index is 2.34. The minimum Gasteiger partial charge on any atom is -0.465 e. The van der Waals surface area contributed by atoms with Gasteiger partial charge in [-0.3, -0.25) is 9.69 Å². The second-order valence-electron chi connectivity index (χ2n) is 6.00. The Bertz CT molecular complexity index is 576. The number of carbonyl (C=O) groups is 2. The van der Waals surface area contributed by atoms with E-state index in [0.717, 1.165) is 5.56 Å². The Kier molecular flexibility index (Phi) is 4.96. The molecule has 1 fully saturated rings.